The summed E-state index contributed by atoms with van der Waals surface area (Å²) in [5, 5.41) is 13.4. The third kappa shape index (κ3) is 3.21. The van der Waals surface area contributed by atoms with E-state index in [4.69, 9.17) is 4.74 Å². The van der Waals surface area contributed by atoms with Crippen molar-refractivity contribution in [2.45, 2.75) is 11.7 Å². The number of nitro groups is 1. The van der Waals surface area contributed by atoms with Crippen LogP contribution in [-0.2, 0) is 11.2 Å². The maximum Gasteiger partial charge on any atom is 0.271 e. The molecule has 0 aliphatic carbocycles. The normalized spacial score (nSPS) is 16.1. The Morgan fingerprint density at radius 3 is 2.88 bits per heavy atom. The van der Waals surface area contributed by atoms with Crippen molar-refractivity contribution in [1.29, 1.82) is 0 Å². The van der Waals surface area contributed by atoms with Gasteiger partial charge in [0.2, 0.25) is 5.91 Å². The number of anilines is 1. The number of non-ortho nitro benzene ring substituents is 1. The van der Waals surface area contributed by atoms with E-state index >= 15 is 0 Å². The molecule has 24 heavy (non-hydrogen) atoms. The summed E-state index contributed by atoms with van der Waals surface area (Å²) in [6, 6.07) is 12.0. The van der Waals surface area contributed by atoms with E-state index in [1.807, 2.05) is 24.3 Å². The van der Waals surface area contributed by atoms with Crippen molar-refractivity contribution in [2.24, 2.45) is 0 Å². The zero-order valence-electron chi connectivity index (χ0n) is 13.0. The fourth-order valence-corrected chi connectivity index (χ4v) is 3.91. The number of nitrogens with zero attached hydrogens (tertiary/aromatic N) is 1. The molecule has 2 aromatic carbocycles. The average molecular weight is 344 g/mol. The second-order valence-corrected chi connectivity index (χ2v) is 6.54. The highest BCUT2D eigenvalue weighted by molar-refractivity contribution is 8.00. The summed E-state index contributed by atoms with van der Waals surface area (Å²) in [6.07, 6.45) is 0.935. The van der Waals surface area contributed by atoms with Crippen LogP contribution in [0, 0.1) is 10.1 Å². The van der Waals surface area contributed by atoms with Crippen molar-refractivity contribution in [3.8, 4) is 5.75 Å². The molecule has 0 fully saturated rings. The summed E-state index contributed by atoms with van der Waals surface area (Å²) in [5.74, 6) is 1.05. The number of carbonyl (C=O) groups excluding carboxylic acids is 1. The van der Waals surface area contributed by atoms with Gasteiger partial charge in [-0.25, -0.2) is 0 Å². The molecular weight excluding hydrogens is 328 g/mol. The van der Waals surface area contributed by atoms with Crippen LogP contribution in [0.4, 0.5) is 11.4 Å². The van der Waals surface area contributed by atoms with Crippen molar-refractivity contribution < 1.29 is 14.5 Å². The first kappa shape index (κ1) is 16.3. The largest absolute Gasteiger partial charge is 0.495 e. The van der Waals surface area contributed by atoms with E-state index in [1.54, 1.807) is 11.8 Å². The van der Waals surface area contributed by atoms with E-state index in [0.717, 1.165) is 17.7 Å². The van der Waals surface area contributed by atoms with E-state index in [0.29, 0.717) is 11.4 Å². The first-order valence-corrected chi connectivity index (χ1v) is 8.47. The number of methoxy groups -OCH3 is 1. The Labute approximate surface area is 143 Å². The SMILES string of the molecule is COc1ccc([N+](=O)[O-])cc1NC(=O)[C@H]1SCCc2ccccc21. The van der Waals surface area contributed by atoms with Gasteiger partial charge in [0.1, 0.15) is 11.0 Å². The number of nitro benzene ring substituents is 1. The molecule has 1 N–H and O–H groups in total. The van der Waals surface area contributed by atoms with E-state index < -0.39 is 4.92 Å². The van der Waals surface area contributed by atoms with E-state index in [2.05, 4.69) is 5.32 Å². The lowest BCUT2D eigenvalue weighted by Gasteiger charge is -2.24. The number of aryl methyl sites for hydroxylation is 1. The van der Waals surface area contributed by atoms with Crippen molar-refractivity contribution in [3.63, 3.8) is 0 Å². The maximum atomic E-state index is 12.7. The zero-order valence-corrected chi connectivity index (χ0v) is 13.8. The number of hydrogen-bond acceptors (Lipinski definition) is 5. The van der Waals surface area contributed by atoms with Crippen molar-refractivity contribution in [3.05, 3.63) is 63.7 Å². The summed E-state index contributed by atoms with van der Waals surface area (Å²) in [5.41, 5.74) is 2.38. The molecule has 0 spiro atoms. The first-order chi connectivity index (χ1) is 11.6. The second kappa shape index (κ2) is 6.92. The van der Waals surface area contributed by atoms with Gasteiger partial charge in [-0.1, -0.05) is 24.3 Å². The van der Waals surface area contributed by atoms with Gasteiger partial charge in [0.05, 0.1) is 17.7 Å². The highest BCUT2D eigenvalue weighted by atomic mass is 32.2. The summed E-state index contributed by atoms with van der Waals surface area (Å²) >= 11 is 1.57. The lowest BCUT2D eigenvalue weighted by atomic mass is 10.0. The molecule has 1 aliphatic heterocycles. The van der Waals surface area contributed by atoms with Gasteiger partial charge < -0.3 is 10.1 Å². The lowest BCUT2D eigenvalue weighted by molar-refractivity contribution is -0.384. The monoisotopic (exact) mass is 344 g/mol. The number of thioether (sulfide) groups is 1. The maximum absolute atomic E-state index is 12.7. The number of fused-ring (bicyclic) bond motifs is 1. The zero-order chi connectivity index (χ0) is 17.1. The standard InChI is InChI=1S/C17H16N2O4S/c1-23-15-7-6-12(19(21)22)10-14(15)18-17(20)16-13-5-3-2-4-11(13)8-9-24-16/h2-7,10,16H,8-9H2,1H3,(H,18,20)/t16-/m0/s1. The Hall–Kier alpha value is -2.54. The summed E-state index contributed by atoms with van der Waals surface area (Å²) in [4.78, 5) is 23.2. The Morgan fingerprint density at radius 1 is 1.33 bits per heavy atom. The number of benzene rings is 2. The minimum absolute atomic E-state index is 0.0946. The molecule has 0 aromatic heterocycles. The van der Waals surface area contributed by atoms with Crippen LogP contribution in [-0.4, -0.2) is 23.7 Å². The molecule has 2 aromatic rings. The molecule has 1 aliphatic rings. The molecule has 0 saturated carbocycles. The van der Waals surface area contributed by atoms with Crippen LogP contribution in [0.5, 0.6) is 5.75 Å². The molecule has 6 nitrogen and oxygen atoms in total. The molecule has 124 valence electrons. The van der Waals surface area contributed by atoms with Gasteiger partial charge in [-0.2, -0.15) is 0 Å². The molecular formula is C17H16N2O4S. The van der Waals surface area contributed by atoms with Crippen LogP contribution in [0.3, 0.4) is 0 Å². The highest BCUT2D eigenvalue weighted by Gasteiger charge is 2.27. The minimum atomic E-state index is -0.500. The third-order valence-electron chi connectivity index (χ3n) is 3.88. The van der Waals surface area contributed by atoms with Gasteiger partial charge in [-0.3, -0.25) is 14.9 Å². The van der Waals surface area contributed by atoms with Crippen LogP contribution in [0.15, 0.2) is 42.5 Å². The predicted octanol–water partition coefficient (Wildman–Crippen LogP) is 3.57. The number of amides is 1. The molecule has 0 saturated heterocycles. The van der Waals surface area contributed by atoms with E-state index in [1.165, 1.54) is 30.9 Å². The Morgan fingerprint density at radius 2 is 2.12 bits per heavy atom. The second-order valence-electron chi connectivity index (χ2n) is 5.33. The van der Waals surface area contributed by atoms with Crippen LogP contribution in [0.1, 0.15) is 16.4 Å². The Bertz CT molecular complexity index is 794. The van der Waals surface area contributed by atoms with Gasteiger partial charge in [0, 0.05) is 12.1 Å². The molecule has 1 atom stereocenters. The molecule has 1 amide bonds. The van der Waals surface area contributed by atoms with Gasteiger partial charge in [0.15, 0.2) is 0 Å². The van der Waals surface area contributed by atoms with Gasteiger partial charge in [-0.15, -0.1) is 11.8 Å². The molecule has 3 rings (SSSR count). The number of rotatable bonds is 4. The number of hydrogen-bond donors (Lipinski definition) is 1. The fourth-order valence-electron chi connectivity index (χ4n) is 2.72. The van der Waals surface area contributed by atoms with Gasteiger partial charge in [-0.05, 0) is 29.4 Å². The van der Waals surface area contributed by atoms with Gasteiger partial charge in [0.25, 0.3) is 5.69 Å². The fraction of sp³-hybridized carbons (Fsp3) is 0.235. The Balaban J connectivity index is 1.88. The molecule has 0 radical (unpaired) electrons. The molecule has 1 heterocycles. The smallest absolute Gasteiger partial charge is 0.271 e. The van der Waals surface area contributed by atoms with Crippen molar-refractivity contribution in [1.82, 2.24) is 0 Å². The number of nitrogens with one attached hydrogen (secondary N) is 1. The molecule has 7 heteroatoms. The highest BCUT2D eigenvalue weighted by Crippen LogP contribution is 2.38. The van der Waals surface area contributed by atoms with Gasteiger partial charge >= 0.3 is 0 Å². The molecule has 0 bridgehead atoms. The predicted molar refractivity (Wildman–Crippen MR) is 93.6 cm³/mol. The van der Waals surface area contributed by atoms with Crippen LogP contribution >= 0.6 is 11.8 Å². The third-order valence-corrected chi connectivity index (χ3v) is 5.12. The summed E-state index contributed by atoms with van der Waals surface area (Å²) in [7, 11) is 1.46. The quantitative estimate of drug-likeness (QED) is 0.677. The van der Waals surface area contributed by atoms with E-state index in [9.17, 15) is 14.9 Å². The van der Waals surface area contributed by atoms with Crippen molar-refractivity contribution in [2.75, 3.05) is 18.2 Å². The topological polar surface area (TPSA) is 81.5 Å². The number of ether oxygens (including phenoxy) is 1. The van der Waals surface area contributed by atoms with Crippen molar-refractivity contribution >= 4 is 29.0 Å². The van der Waals surface area contributed by atoms with Crippen LogP contribution < -0.4 is 10.1 Å². The summed E-state index contributed by atoms with van der Waals surface area (Å²) < 4.78 is 5.19. The summed E-state index contributed by atoms with van der Waals surface area (Å²) in [6.45, 7) is 0. The molecule has 0 unspecified atom stereocenters. The average Bonchev–Trinajstić information content (AvgIpc) is 2.61. The minimum Gasteiger partial charge on any atom is -0.495 e. The number of carbonyl (C=O) groups is 1. The lowest BCUT2D eigenvalue weighted by Crippen LogP contribution is -2.23. The van der Waals surface area contributed by atoms with Crippen LogP contribution in [0.25, 0.3) is 0 Å². The van der Waals surface area contributed by atoms with E-state index in [-0.39, 0.29) is 16.8 Å². The Kier molecular flexibility index (Phi) is 4.71. The first-order valence-electron chi connectivity index (χ1n) is 7.43. The van der Waals surface area contributed by atoms with Crippen LogP contribution in [0.2, 0.25) is 0 Å².